The summed E-state index contributed by atoms with van der Waals surface area (Å²) in [7, 11) is 0. The highest BCUT2D eigenvalue weighted by Crippen LogP contribution is 2.24. The van der Waals surface area contributed by atoms with E-state index in [2.05, 4.69) is 44.7 Å². The summed E-state index contributed by atoms with van der Waals surface area (Å²) in [6.45, 7) is 6.68. The standard InChI is InChI=1S/C19H20O2/c1-14-11-15(2)16(3)19(12-14)21-13-18-8-6-17(7-9-18)5-4-10-20/h6-9,11-12,20H,10,13H2,1-3H3. The monoisotopic (exact) mass is 280 g/mol. The molecule has 0 aliphatic rings. The van der Waals surface area contributed by atoms with E-state index in [4.69, 9.17) is 9.84 Å². The Hall–Kier alpha value is -2.24. The minimum absolute atomic E-state index is 0.114. The summed E-state index contributed by atoms with van der Waals surface area (Å²) in [5.41, 5.74) is 5.65. The lowest BCUT2D eigenvalue weighted by atomic mass is 10.1. The fraction of sp³-hybridized carbons (Fsp3) is 0.263. The van der Waals surface area contributed by atoms with Crippen molar-refractivity contribution in [2.45, 2.75) is 27.4 Å². The Bertz CT molecular complexity index is 673. The normalized spacial score (nSPS) is 9.90. The SMILES string of the molecule is Cc1cc(C)c(C)c(OCc2ccc(C#CCO)cc2)c1. The molecule has 2 heteroatoms. The van der Waals surface area contributed by atoms with E-state index < -0.39 is 0 Å². The summed E-state index contributed by atoms with van der Waals surface area (Å²) in [5, 5.41) is 8.67. The van der Waals surface area contributed by atoms with Gasteiger partial charge in [0.15, 0.2) is 0 Å². The maximum Gasteiger partial charge on any atom is 0.123 e. The molecular weight excluding hydrogens is 260 g/mol. The summed E-state index contributed by atoms with van der Waals surface area (Å²) in [6.07, 6.45) is 0. The quantitative estimate of drug-likeness (QED) is 0.871. The molecule has 0 unspecified atom stereocenters. The maximum atomic E-state index is 8.67. The zero-order chi connectivity index (χ0) is 15.2. The van der Waals surface area contributed by atoms with E-state index >= 15 is 0 Å². The highest BCUT2D eigenvalue weighted by Gasteiger charge is 2.04. The Labute approximate surface area is 126 Å². The van der Waals surface area contributed by atoms with Gasteiger partial charge in [0.25, 0.3) is 0 Å². The second-order valence-electron chi connectivity index (χ2n) is 5.15. The molecule has 0 radical (unpaired) electrons. The smallest absolute Gasteiger partial charge is 0.123 e. The van der Waals surface area contributed by atoms with Crippen molar-refractivity contribution in [2.24, 2.45) is 0 Å². The van der Waals surface area contributed by atoms with Crippen LogP contribution in [0.4, 0.5) is 0 Å². The molecule has 1 N–H and O–H groups in total. The van der Waals surface area contributed by atoms with Gasteiger partial charge < -0.3 is 9.84 Å². The molecule has 0 saturated heterocycles. The lowest BCUT2D eigenvalue weighted by Crippen LogP contribution is -1.98. The summed E-state index contributed by atoms with van der Waals surface area (Å²) in [4.78, 5) is 0. The van der Waals surface area contributed by atoms with Crippen molar-refractivity contribution in [1.82, 2.24) is 0 Å². The molecule has 2 rings (SSSR count). The number of aliphatic hydroxyl groups is 1. The molecule has 21 heavy (non-hydrogen) atoms. The number of hydrogen-bond donors (Lipinski definition) is 1. The molecule has 0 atom stereocenters. The first-order valence-electron chi connectivity index (χ1n) is 6.99. The third kappa shape index (κ3) is 4.11. The average Bonchev–Trinajstić information content (AvgIpc) is 2.48. The Morgan fingerprint density at radius 2 is 1.76 bits per heavy atom. The highest BCUT2D eigenvalue weighted by atomic mass is 16.5. The van der Waals surface area contributed by atoms with Crippen LogP contribution in [-0.2, 0) is 6.61 Å². The molecule has 2 nitrogen and oxygen atoms in total. The summed E-state index contributed by atoms with van der Waals surface area (Å²) >= 11 is 0. The molecule has 0 heterocycles. The van der Waals surface area contributed by atoms with Crippen LogP contribution in [0.3, 0.4) is 0 Å². The Morgan fingerprint density at radius 3 is 2.43 bits per heavy atom. The van der Waals surface area contributed by atoms with Gasteiger partial charge in [0.05, 0.1) is 0 Å². The largest absolute Gasteiger partial charge is 0.489 e. The molecule has 2 aromatic carbocycles. The van der Waals surface area contributed by atoms with Crippen LogP contribution in [0.2, 0.25) is 0 Å². The molecule has 0 saturated carbocycles. The summed E-state index contributed by atoms with van der Waals surface area (Å²) in [5.74, 6) is 6.46. The van der Waals surface area contributed by atoms with E-state index in [1.807, 2.05) is 24.3 Å². The molecule has 0 aliphatic carbocycles. The first-order valence-corrected chi connectivity index (χ1v) is 6.99. The van der Waals surface area contributed by atoms with Crippen molar-refractivity contribution in [2.75, 3.05) is 6.61 Å². The predicted octanol–water partition coefficient (Wildman–Crippen LogP) is 3.53. The van der Waals surface area contributed by atoms with Crippen molar-refractivity contribution >= 4 is 0 Å². The lowest BCUT2D eigenvalue weighted by molar-refractivity contribution is 0.303. The van der Waals surface area contributed by atoms with E-state index in [-0.39, 0.29) is 6.61 Å². The zero-order valence-corrected chi connectivity index (χ0v) is 12.7. The van der Waals surface area contributed by atoms with E-state index in [0.29, 0.717) is 6.61 Å². The second kappa shape index (κ2) is 6.97. The number of benzene rings is 2. The van der Waals surface area contributed by atoms with E-state index in [1.165, 1.54) is 16.7 Å². The fourth-order valence-electron chi connectivity index (χ4n) is 2.14. The molecule has 0 bridgehead atoms. The molecule has 0 aromatic heterocycles. The predicted molar refractivity (Wildman–Crippen MR) is 85.4 cm³/mol. The van der Waals surface area contributed by atoms with Crippen LogP contribution in [0.25, 0.3) is 0 Å². The average molecular weight is 280 g/mol. The van der Waals surface area contributed by atoms with Crippen LogP contribution < -0.4 is 4.74 Å². The Balaban J connectivity index is 2.06. The van der Waals surface area contributed by atoms with Crippen LogP contribution >= 0.6 is 0 Å². The van der Waals surface area contributed by atoms with Crippen molar-refractivity contribution in [1.29, 1.82) is 0 Å². The van der Waals surface area contributed by atoms with Crippen molar-refractivity contribution in [3.8, 4) is 17.6 Å². The van der Waals surface area contributed by atoms with Crippen molar-refractivity contribution < 1.29 is 9.84 Å². The van der Waals surface area contributed by atoms with Gasteiger partial charge >= 0.3 is 0 Å². The minimum atomic E-state index is -0.114. The van der Waals surface area contributed by atoms with E-state index in [1.54, 1.807) is 0 Å². The van der Waals surface area contributed by atoms with Gasteiger partial charge in [-0.3, -0.25) is 0 Å². The second-order valence-corrected chi connectivity index (χ2v) is 5.15. The highest BCUT2D eigenvalue weighted by molar-refractivity contribution is 5.42. The van der Waals surface area contributed by atoms with E-state index in [0.717, 1.165) is 16.9 Å². The summed E-state index contributed by atoms with van der Waals surface area (Å²) in [6, 6.07) is 12.1. The number of ether oxygens (including phenoxy) is 1. The van der Waals surface area contributed by atoms with Gasteiger partial charge in [0, 0.05) is 5.56 Å². The third-order valence-corrected chi connectivity index (χ3v) is 3.42. The molecule has 0 amide bonds. The molecule has 0 spiro atoms. The first kappa shape index (κ1) is 15.2. The number of aliphatic hydroxyl groups excluding tert-OH is 1. The van der Waals surface area contributed by atoms with Crippen LogP contribution in [0.15, 0.2) is 36.4 Å². The molecule has 108 valence electrons. The van der Waals surface area contributed by atoms with E-state index in [9.17, 15) is 0 Å². The molecular formula is C19H20O2. The Kier molecular flexibility index (Phi) is 5.03. The molecule has 0 aliphatic heterocycles. The summed E-state index contributed by atoms with van der Waals surface area (Å²) < 4.78 is 5.93. The zero-order valence-electron chi connectivity index (χ0n) is 12.7. The number of aryl methyl sites for hydroxylation is 2. The topological polar surface area (TPSA) is 29.5 Å². The molecule has 2 aromatic rings. The van der Waals surface area contributed by atoms with Gasteiger partial charge in [-0.1, -0.05) is 30.0 Å². The van der Waals surface area contributed by atoms with Gasteiger partial charge in [-0.2, -0.15) is 0 Å². The first-order chi connectivity index (χ1) is 10.1. The van der Waals surface area contributed by atoms with Crippen LogP contribution in [0, 0.1) is 32.6 Å². The van der Waals surface area contributed by atoms with Gasteiger partial charge in [-0.05, 0) is 61.2 Å². The minimum Gasteiger partial charge on any atom is -0.489 e. The molecule has 0 fully saturated rings. The van der Waals surface area contributed by atoms with Crippen LogP contribution in [0.1, 0.15) is 27.8 Å². The van der Waals surface area contributed by atoms with Crippen LogP contribution in [0.5, 0.6) is 5.75 Å². The number of rotatable bonds is 3. The van der Waals surface area contributed by atoms with Gasteiger partial charge in [0.1, 0.15) is 19.0 Å². The maximum absolute atomic E-state index is 8.67. The van der Waals surface area contributed by atoms with Gasteiger partial charge in [-0.15, -0.1) is 0 Å². The lowest BCUT2D eigenvalue weighted by Gasteiger charge is -2.12. The Morgan fingerprint density at radius 1 is 1.05 bits per heavy atom. The van der Waals surface area contributed by atoms with Crippen molar-refractivity contribution in [3.05, 3.63) is 64.2 Å². The van der Waals surface area contributed by atoms with Crippen molar-refractivity contribution in [3.63, 3.8) is 0 Å². The third-order valence-electron chi connectivity index (χ3n) is 3.42. The number of hydrogen-bond acceptors (Lipinski definition) is 2. The fourth-order valence-corrected chi connectivity index (χ4v) is 2.14. The van der Waals surface area contributed by atoms with Gasteiger partial charge in [0.2, 0.25) is 0 Å². The van der Waals surface area contributed by atoms with Gasteiger partial charge in [-0.25, -0.2) is 0 Å². The van der Waals surface area contributed by atoms with Crippen LogP contribution in [-0.4, -0.2) is 11.7 Å².